The molecule has 1 aromatic carbocycles. The average Bonchev–Trinajstić information content (AvgIpc) is 2.80. The highest BCUT2D eigenvalue weighted by Crippen LogP contribution is 2.29. The van der Waals surface area contributed by atoms with E-state index < -0.39 is 18.6 Å². The van der Waals surface area contributed by atoms with Crippen LogP contribution >= 0.6 is 0 Å². The van der Waals surface area contributed by atoms with Crippen molar-refractivity contribution in [2.24, 2.45) is 7.05 Å². The van der Waals surface area contributed by atoms with Gasteiger partial charge in [0.2, 0.25) is 0 Å². The zero-order chi connectivity index (χ0) is 14.6. The summed E-state index contributed by atoms with van der Waals surface area (Å²) in [5, 5.41) is 6.95. The minimum absolute atomic E-state index is 0.351. The predicted molar refractivity (Wildman–Crippen MR) is 69.9 cm³/mol. The lowest BCUT2D eigenvalue weighted by atomic mass is 10.0. The molecule has 0 radical (unpaired) electrons. The van der Waals surface area contributed by atoms with Crippen LogP contribution in [-0.2, 0) is 13.6 Å². The topological polar surface area (TPSA) is 29.9 Å². The van der Waals surface area contributed by atoms with E-state index in [9.17, 15) is 13.2 Å². The van der Waals surface area contributed by atoms with Crippen LogP contribution in [-0.4, -0.2) is 16.0 Å². The maximum Gasteiger partial charge on any atom is 0.390 e. The van der Waals surface area contributed by atoms with Crippen LogP contribution in [0.2, 0.25) is 0 Å². The van der Waals surface area contributed by atoms with Crippen LogP contribution in [0, 0.1) is 0 Å². The molecule has 0 aliphatic carbocycles. The van der Waals surface area contributed by atoms with Gasteiger partial charge in [-0.15, -0.1) is 0 Å². The average molecular weight is 283 g/mol. The second-order valence-electron chi connectivity index (χ2n) is 4.69. The molecule has 0 amide bonds. The van der Waals surface area contributed by atoms with Gasteiger partial charge in [-0.05, 0) is 5.56 Å². The lowest BCUT2D eigenvalue weighted by Gasteiger charge is -2.20. The Labute approximate surface area is 115 Å². The minimum atomic E-state index is -4.21. The van der Waals surface area contributed by atoms with Crippen LogP contribution < -0.4 is 5.32 Å². The maximum atomic E-state index is 12.7. The summed E-state index contributed by atoms with van der Waals surface area (Å²) in [5.41, 5.74) is 1.49. The summed E-state index contributed by atoms with van der Waals surface area (Å²) >= 11 is 0. The Balaban J connectivity index is 2.07. The molecular formula is C14H16F3N3. The van der Waals surface area contributed by atoms with Crippen molar-refractivity contribution in [3.63, 3.8) is 0 Å². The second-order valence-corrected chi connectivity index (χ2v) is 4.69. The Bertz CT molecular complexity index is 534. The second kappa shape index (κ2) is 6.09. The van der Waals surface area contributed by atoms with E-state index in [1.54, 1.807) is 54.5 Å². The van der Waals surface area contributed by atoms with Crippen LogP contribution in [0.5, 0.6) is 0 Å². The summed E-state index contributed by atoms with van der Waals surface area (Å²) < 4.78 is 39.6. The van der Waals surface area contributed by atoms with Gasteiger partial charge in [0.1, 0.15) is 0 Å². The smallest absolute Gasteiger partial charge is 0.305 e. The van der Waals surface area contributed by atoms with Gasteiger partial charge in [-0.2, -0.15) is 18.3 Å². The molecule has 0 bridgehead atoms. The van der Waals surface area contributed by atoms with Gasteiger partial charge in [0.15, 0.2) is 0 Å². The third kappa shape index (κ3) is 4.38. The largest absolute Gasteiger partial charge is 0.390 e. The van der Waals surface area contributed by atoms with Crippen molar-refractivity contribution in [1.82, 2.24) is 15.1 Å². The molecule has 1 heterocycles. The number of aromatic nitrogens is 2. The summed E-state index contributed by atoms with van der Waals surface area (Å²) in [6, 6.07) is 7.92. The minimum Gasteiger partial charge on any atom is -0.305 e. The van der Waals surface area contributed by atoms with Crippen LogP contribution in [0.4, 0.5) is 13.2 Å². The summed E-state index contributed by atoms with van der Waals surface area (Å²) in [6.07, 6.45) is -1.68. The molecule has 20 heavy (non-hydrogen) atoms. The van der Waals surface area contributed by atoms with E-state index >= 15 is 0 Å². The molecule has 0 aliphatic rings. The number of aryl methyl sites for hydroxylation is 1. The van der Waals surface area contributed by atoms with E-state index in [1.807, 2.05) is 0 Å². The monoisotopic (exact) mass is 283 g/mol. The van der Waals surface area contributed by atoms with Crippen LogP contribution in [0.3, 0.4) is 0 Å². The molecule has 0 saturated heterocycles. The third-order valence-electron chi connectivity index (χ3n) is 2.95. The normalized spacial score (nSPS) is 13.4. The molecule has 1 aromatic heterocycles. The fraction of sp³-hybridized carbons (Fsp3) is 0.357. The van der Waals surface area contributed by atoms with E-state index in [1.165, 1.54) is 0 Å². The first kappa shape index (κ1) is 14.6. The van der Waals surface area contributed by atoms with Gasteiger partial charge in [0.05, 0.1) is 12.6 Å². The summed E-state index contributed by atoms with van der Waals surface area (Å²) in [4.78, 5) is 0. The van der Waals surface area contributed by atoms with Gasteiger partial charge in [0.25, 0.3) is 0 Å². The number of hydrogen-bond donors (Lipinski definition) is 1. The van der Waals surface area contributed by atoms with Crippen molar-refractivity contribution < 1.29 is 13.2 Å². The molecule has 108 valence electrons. The molecule has 2 rings (SSSR count). The molecule has 1 unspecified atom stereocenters. The van der Waals surface area contributed by atoms with Gasteiger partial charge in [-0.3, -0.25) is 4.68 Å². The Hall–Kier alpha value is -1.82. The van der Waals surface area contributed by atoms with E-state index in [4.69, 9.17) is 0 Å². The lowest BCUT2D eigenvalue weighted by molar-refractivity contribution is -0.140. The highest BCUT2D eigenvalue weighted by molar-refractivity contribution is 5.19. The summed E-state index contributed by atoms with van der Waals surface area (Å²) in [7, 11) is 1.77. The molecule has 6 heteroatoms. The Morgan fingerprint density at radius 1 is 1.25 bits per heavy atom. The van der Waals surface area contributed by atoms with Crippen molar-refractivity contribution in [2.75, 3.05) is 0 Å². The van der Waals surface area contributed by atoms with Crippen LogP contribution in [0.25, 0.3) is 0 Å². The van der Waals surface area contributed by atoms with Crippen LogP contribution in [0.1, 0.15) is 23.6 Å². The third-order valence-corrected chi connectivity index (χ3v) is 2.95. The number of nitrogens with one attached hydrogen (secondary N) is 1. The van der Waals surface area contributed by atoms with Crippen molar-refractivity contribution in [3.05, 3.63) is 53.9 Å². The summed E-state index contributed by atoms with van der Waals surface area (Å²) in [6.45, 7) is 0.351. The molecule has 1 N–H and O–H groups in total. The van der Waals surface area contributed by atoms with Crippen molar-refractivity contribution >= 4 is 0 Å². The molecule has 1 atom stereocenters. The zero-order valence-electron chi connectivity index (χ0n) is 11.1. The van der Waals surface area contributed by atoms with Gasteiger partial charge in [-0.25, -0.2) is 0 Å². The van der Waals surface area contributed by atoms with Crippen molar-refractivity contribution in [3.8, 4) is 0 Å². The number of nitrogens with zero attached hydrogens (tertiary/aromatic N) is 2. The number of hydrogen-bond acceptors (Lipinski definition) is 2. The molecule has 0 aliphatic heterocycles. The number of rotatable bonds is 5. The van der Waals surface area contributed by atoms with Gasteiger partial charge in [-0.1, -0.05) is 30.3 Å². The highest BCUT2D eigenvalue weighted by Gasteiger charge is 2.32. The Morgan fingerprint density at radius 3 is 2.50 bits per heavy atom. The molecule has 2 aromatic rings. The van der Waals surface area contributed by atoms with Crippen LogP contribution in [0.15, 0.2) is 42.7 Å². The number of alkyl halides is 3. The molecular weight excluding hydrogens is 267 g/mol. The SMILES string of the molecule is Cn1cc(CNC(CC(F)(F)F)c2ccccc2)cn1. The maximum absolute atomic E-state index is 12.7. The fourth-order valence-corrected chi connectivity index (χ4v) is 2.03. The highest BCUT2D eigenvalue weighted by atomic mass is 19.4. The van der Waals surface area contributed by atoms with Crippen molar-refractivity contribution in [2.45, 2.75) is 25.2 Å². The summed E-state index contributed by atoms with van der Waals surface area (Å²) in [5.74, 6) is 0. The standard InChI is InChI=1S/C14H16F3N3/c1-20-10-11(9-19-20)8-18-13(7-14(15,16)17)12-5-3-2-4-6-12/h2-6,9-10,13,18H,7-8H2,1H3. The zero-order valence-corrected chi connectivity index (χ0v) is 11.1. The molecule has 0 spiro atoms. The van der Waals surface area contributed by atoms with E-state index in [0.717, 1.165) is 5.56 Å². The Kier molecular flexibility index (Phi) is 4.44. The number of benzene rings is 1. The number of halogens is 3. The lowest BCUT2D eigenvalue weighted by Crippen LogP contribution is -2.26. The van der Waals surface area contributed by atoms with Gasteiger partial charge < -0.3 is 5.32 Å². The van der Waals surface area contributed by atoms with Gasteiger partial charge >= 0.3 is 6.18 Å². The quantitative estimate of drug-likeness (QED) is 0.913. The molecule has 3 nitrogen and oxygen atoms in total. The van der Waals surface area contributed by atoms with E-state index in [-0.39, 0.29) is 0 Å². The molecule has 0 fully saturated rings. The van der Waals surface area contributed by atoms with E-state index in [0.29, 0.717) is 12.1 Å². The predicted octanol–water partition coefficient (Wildman–Crippen LogP) is 3.20. The first-order valence-electron chi connectivity index (χ1n) is 6.26. The first-order chi connectivity index (χ1) is 9.44. The first-order valence-corrected chi connectivity index (χ1v) is 6.26. The van der Waals surface area contributed by atoms with E-state index in [2.05, 4.69) is 10.4 Å². The molecule has 0 saturated carbocycles. The fourth-order valence-electron chi connectivity index (χ4n) is 2.03. The van der Waals surface area contributed by atoms with Crippen molar-refractivity contribution in [1.29, 1.82) is 0 Å². The Morgan fingerprint density at radius 2 is 1.95 bits per heavy atom. The van der Waals surface area contributed by atoms with Gasteiger partial charge in [0, 0.05) is 31.4 Å².